The van der Waals surface area contributed by atoms with E-state index >= 15 is 0 Å². The maximum atomic E-state index is 11.2. The van der Waals surface area contributed by atoms with Crippen LogP contribution in [0, 0.1) is 12.8 Å². The van der Waals surface area contributed by atoms with Gasteiger partial charge in [-0.2, -0.15) is 0 Å². The van der Waals surface area contributed by atoms with Crippen molar-refractivity contribution in [3.63, 3.8) is 0 Å². The van der Waals surface area contributed by atoms with E-state index in [-0.39, 0.29) is 5.56 Å². The number of carboxylic acids is 1. The smallest absolute Gasteiger partial charge is 0.339 e. The van der Waals surface area contributed by atoms with Crippen molar-refractivity contribution in [2.45, 2.75) is 13.3 Å². The normalized spacial score (nSPS) is 20.0. The summed E-state index contributed by atoms with van der Waals surface area (Å²) in [4.78, 5) is 17.6. The van der Waals surface area contributed by atoms with Crippen LogP contribution >= 0.6 is 0 Å². The topological polar surface area (TPSA) is 65.5 Å². The van der Waals surface area contributed by atoms with Crippen molar-refractivity contribution in [3.8, 4) is 0 Å². The number of nitrogens with one attached hydrogen (secondary N) is 1. The number of aromatic nitrogens is 1. The Hall–Kier alpha value is -1.62. The molecule has 2 rings (SSSR count). The van der Waals surface area contributed by atoms with Crippen molar-refractivity contribution in [2.75, 3.05) is 32.0 Å². The molecule has 1 aromatic rings. The first-order chi connectivity index (χ1) is 8.58. The molecule has 0 aliphatic carbocycles. The van der Waals surface area contributed by atoms with Gasteiger partial charge in [0.25, 0.3) is 0 Å². The summed E-state index contributed by atoms with van der Waals surface area (Å²) in [5.74, 6) is 0.127. The lowest BCUT2D eigenvalue weighted by atomic mass is 10.1. The molecule has 2 heterocycles. The number of carboxylic acid groups (broad SMARTS) is 1. The number of rotatable bonds is 4. The number of anilines is 1. The molecule has 1 aromatic heterocycles. The fraction of sp³-hybridized carbons (Fsp3) is 0.538. The summed E-state index contributed by atoms with van der Waals surface area (Å²) in [5, 5.41) is 12.4. The fourth-order valence-corrected chi connectivity index (χ4v) is 2.40. The highest BCUT2D eigenvalue weighted by Gasteiger charge is 2.20. The second-order valence-corrected chi connectivity index (χ2v) is 4.95. The Balaban J connectivity index is 2.05. The maximum absolute atomic E-state index is 11.2. The van der Waals surface area contributed by atoms with E-state index in [1.807, 2.05) is 0 Å². The number of aromatic carboxylic acids is 1. The molecule has 0 saturated carbocycles. The average Bonchev–Trinajstić information content (AvgIpc) is 2.72. The highest BCUT2D eigenvalue weighted by atomic mass is 16.4. The van der Waals surface area contributed by atoms with Gasteiger partial charge < -0.3 is 15.3 Å². The highest BCUT2D eigenvalue weighted by Crippen LogP contribution is 2.19. The summed E-state index contributed by atoms with van der Waals surface area (Å²) >= 11 is 0. The first-order valence-corrected chi connectivity index (χ1v) is 6.19. The standard InChI is InChI=1S/C13H19N3O2/c1-9-3-5-14-12(11(9)13(17)18)15-7-10-4-6-16(2)8-10/h3,5,10H,4,6-8H2,1-2H3,(H,14,15)(H,17,18). The number of aryl methyl sites for hydroxylation is 1. The van der Waals surface area contributed by atoms with Gasteiger partial charge in [0.15, 0.2) is 0 Å². The lowest BCUT2D eigenvalue weighted by molar-refractivity contribution is 0.0697. The van der Waals surface area contributed by atoms with Gasteiger partial charge in [-0.05, 0) is 44.5 Å². The van der Waals surface area contributed by atoms with Crippen molar-refractivity contribution >= 4 is 11.8 Å². The van der Waals surface area contributed by atoms with Crippen LogP contribution in [0.2, 0.25) is 0 Å². The van der Waals surface area contributed by atoms with Gasteiger partial charge in [-0.1, -0.05) is 0 Å². The molecule has 1 atom stereocenters. The molecule has 2 N–H and O–H groups in total. The van der Waals surface area contributed by atoms with E-state index < -0.39 is 5.97 Å². The van der Waals surface area contributed by atoms with Crippen LogP contribution in [-0.2, 0) is 0 Å². The summed E-state index contributed by atoms with van der Waals surface area (Å²) in [6, 6.07) is 1.72. The third-order valence-corrected chi connectivity index (χ3v) is 3.42. The summed E-state index contributed by atoms with van der Waals surface area (Å²) < 4.78 is 0. The first kappa shape index (κ1) is 12.8. The number of nitrogens with zero attached hydrogens (tertiary/aromatic N) is 2. The molecule has 1 fully saturated rings. The Labute approximate surface area is 107 Å². The van der Waals surface area contributed by atoms with Crippen molar-refractivity contribution in [2.24, 2.45) is 5.92 Å². The molecule has 0 bridgehead atoms. The molecule has 5 nitrogen and oxygen atoms in total. The number of hydrogen-bond acceptors (Lipinski definition) is 4. The molecule has 5 heteroatoms. The van der Waals surface area contributed by atoms with Crippen LogP contribution in [0.4, 0.5) is 5.82 Å². The molecule has 0 amide bonds. The van der Waals surface area contributed by atoms with Gasteiger partial charge in [-0.25, -0.2) is 9.78 Å². The van der Waals surface area contributed by atoms with Gasteiger partial charge in [0.1, 0.15) is 11.4 Å². The minimum atomic E-state index is -0.924. The minimum Gasteiger partial charge on any atom is -0.478 e. The zero-order valence-electron chi connectivity index (χ0n) is 10.8. The van der Waals surface area contributed by atoms with Crippen molar-refractivity contribution < 1.29 is 9.90 Å². The van der Waals surface area contributed by atoms with Crippen LogP contribution in [0.3, 0.4) is 0 Å². The molecule has 18 heavy (non-hydrogen) atoms. The van der Waals surface area contributed by atoms with Crippen LogP contribution < -0.4 is 5.32 Å². The molecule has 1 unspecified atom stereocenters. The third kappa shape index (κ3) is 2.79. The van der Waals surface area contributed by atoms with E-state index in [9.17, 15) is 9.90 Å². The van der Waals surface area contributed by atoms with Gasteiger partial charge in [0.05, 0.1) is 0 Å². The van der Waals surface area contributed by atoms with Crippen LogP contribution in [-0.4, -0.2) is 47.6 Å². The van der Waals surface area contributed by atoms with E-state index in [1.54, 1.807) is 19.2 Å². The van der Waals surface area contributed by atoms with Crippen molar-refractivity contribution in [3.05, 3.63) is 23.4 Å². The summed E-state index contributed by atoms with van der Waals surface area (Å²) in [6.07, 6.45) is 2.79. The molecular weight excluding hydrogens is 230 g/mol. The molecular formula is C13H19N3O2. The number of pyridine rings is 1. The minimum absolute atomic E-state index is 0.281. The summed E-state index contributed by atoms with van der Waals surface area (Å²) in [5.41, 5.74) is 1.02. The Morgan fingerprint density at radius 3 is 3.06 bits per heavy atom. The van der Waals surface area contributed by atoms with Crippen molar-refractivity contribution in [1.29, 1.82) is 0 Å². The Morgan fingerprint density at radius 1 is 1.67 bits per heavy atom. The van der Waals surface area contributed by atoms with Gasteiger partial charge in [-0.15, -0.1) is 0 Å². The van der Waals surface area contributed by atoms with Crippen LogP contribution in [0.25, 0.3) is 0 Å². The fourth-order valence-electron chi connectivity index (χ4n) is 2.40. The Morgan fingerprint density at radius 2 is 2.44 bits per heavy atom. The third-order valence-electron chi connectivity index (χ3n) is 3.42. The van der Waals surface area contributed by atoms with Crippen molar-refractivity contribution in [1.82, 2.24) is 9.88 Å². The van der Waals surface area contributed by atoms with Crippen LogP contribution in [0.1, 0.15) is 22.3 Å². The summed E-state index contributed by atoms with van der Waals surface area (Å²) in [7, 11) is 2.10. The lowest BCUT2D eigenvalue weighted by Gasteiger charge is -2.14. The largest absolute Gasteiger partial charge is 0.478 e. The molecule has 98 valence electrons. The quantitative estimate of drug-likeness (QED) is 0.845. The first-order valence-electron chi connectivity index (χ1n) is 6.19. The average molecular weight is 249 g/mol. The summed E-state index contributed by atoms with van der Waals surface area (Å²) in [6.45, 7) is 4.74. The van der Waals surface area contributed by atoms with E-state index in [2.05, 4.69) is 22.2 Å². The Kier molecular flexibility index (Phi) is 3.81. The van der Waals surface area contributed by atoms with Gasteiger partial charge in [0, 0.05) is 19.3 Å². The maximum Gasteiger partial charge on any atom is 0.339 e. The van der Waals surface area contributed by atoms with Gasteiger partial charge >= 0.3 is 5.97 Å². The zero-order chi connectivity index (χ0) is 13.1. The Bertz CT molecular complexity index is 448. The van der Waals surface area contributed by atoms with Crippen LogP contribution in [0.5, 0.6) is 0 Å². The van der Waals surface area contributed by atoms with Crippen LogP contribution in [0.15, 0.2) is 12.3 Å². The second-order valence-electron chi connectivity index (χ2n) is 4.95. The molecule has 1 aliphatic heterocycles. The zero-order valence-corrected chi connectivity index (χ0v) is 10.8. The number of likely N-dealkylation sites (tertiary alicyclic amines) is 1. The van der Waals surface area contributed by atoms with E-state index in [0.717, 1.165) is 31.6 Å². The number of carbonyl (C=O) groups is 1. The molecule has 0 aromatic carbocycles. The lowest BCUT2D eigenvalue weighted by Crippen LogP contribution is -2.20. The number of hydrogen-bond donors (Lipinski definition) is 2. The molecule has 1 saturated heterocycles. The van der Waals surface area contributed by atoms with Gasteiger partial charge in [0.2, 0.25) is 0 Å². The van der Waals surface area contributed by atoms with E-state index in [0.29, 0.717) is 11.7 Å². The second kappa shape index (κ2) is 5.35. The molecule has 1 aliphatic rings. The van der Waals surface area contributed by atoms with E-state index in [4.69, 9.17) is 0 Å². The SMILES string of the molecule is Cc1ccnc(NCC2CCN(C)C2)c1C(=O)O. The van der Waals surface area contributed by atoms with Gasteiger partial charge in [-0.3, -0.25) is 0 Å². The van der Waals surface area contributed by atoms with E-state index in [1.165, 1.54) is 0 Å². The predicted molar refractivity (Wildman–Crippen MR) is 70.0 cm³/mol. The molecule has 0 radical (unpaired) electrons. The molecule has 0 spiro atoms. The highest BCUT2D eigenvalue weighted by molar-refractivity contribution is 5.94. The monoisotopic (exact) mass is 249 g/mol. The predicted octanol–water partition coefficient (Wildman–Crippen LogP) is 1.45.